The first-order valence-corrected chi connectivity index (χ1v) is 5.46. The number of carbonyl (C=O) groups is 1. The molecule has 0 aliphatic heterocycles. The molecule has 20 heavy (non-hydrogen) atoms. The Labute approximate surface area is 111 Å². The number of rotatable bonds is 2. The van der Waals surface area contributed by atoms with Crippen LogP contribution in [0.1, 0.15) is 27.4 Å². The lowest BCUT2D eigenvalue weighted by atomic mass is 9.97. The van der Waals surface area contributed by atoms with E-state index in [0.29, 0.717) is 11.1 Å². The molecule has 8 heteroatoms. The van der Waals surface area contributed by atoms with E-state index in [9.17, 15) is 23.1 Å². The number of carboxylic acid groups (broad SMARTS) is 1. The van der Waals surface area contributed by atoms with Gasteiger partial charge in [0.2, 0.25) is 5.89 Å². The molecule has 0 amide bonds. The van der Waals surface area contributed by atoms with E-state index in [0.717, 1.165) is 0 Å². The third-order valence-corrected chi connectivity index (χ3v) is 2.72. The minimum atomic E-state index is -4.77. The second-order valence-electron chi connectivity index (χ2n) is 4.16. The van der Waals surface area contributed by atoms with Crippen molar-refractivity contribution in [1.82, 2.24) is 10.2 Å². The Morgan fingerprint density at radius 2 is 1.80 bits per heavy atom. The predicted molar refractivity (Wildman–Crippen MR) is 61.2 cm³/mol. The van der Waals surface area contributed by atoms with Crippen LogP contribution in [0, 0.1) is 13.8 Å². The van der Waals surface area contributed by atoms with Gasteiger partial charge in [-0.2, -0.15) is 13.2 Å². The predicted octanol–water partition coefficient (Wildman–Crippen LogP) is 3.07. The SMILES string of the molecule is Cc1ccc(C)c(-c2nnc(C(F)(F)F)o2)c1C(=O)O. The summed E-state index contributed by atoms with van der Waals surface area (Å²) in [4.78, 5) is 11.3. The molecular weight excluding hydrogens is 277 g/mol. The average molecular weight is 286 g/mol. The van der Waals surface area contributed by atoms with Crippen LogP contribution in [0.5, 0.6) is 0 Å². The molecule has 2 aromatic rings. The minimum absolute atomic E-state index is 0.000463. The van der Waals surface area contributed by atoms with Crippen molar-refractivity contribution < 1.29 is 27.5 Å². The molecular formula is C12H9F3N2O3. The molecule has 0 aliphatic carbocycles. The normalized spacial score (nSPS) is 11.7. The van der Waals surface area contributed by atoms with Gasteiger partial charge in [-0.05, 0) is 25.0 Å². The first-order valence-electron chi connectivity index (χ1n) is 5.46. The molecule has 1 heterocycles. The zero-order chi connectivity index (χ0) is 15.1. The highest BCUT2D eigenvalue weighted by Gasteiger charge is 2.38. The largest absolute Gasteiger partial charge is 0.478 e. The lowest BCUT2D eigenvalue weighted by Crippen LogP contribution is -2.05. The van der Waals surface area contributed by atoms with E-state index in [1.807, 2.05) is 0 Å². The molecule has 0 spiro atoms. The Hall–Kier alpha value is -2.38. The monoisotopic (exact) mass is 286 g/mol. The van der Waals surface area contributed by atoms with Gasteiger partial charge in [0, 0.05) is 0 Å². The third kappa shape index (κ3) is 2.36. The van der Waals surface area contributed by atoms with E-state index in [2.05, 4.69) is 14.6 Å². The molecule has 0 saturated heterocycles. The lowest BCUT2D eigenvalue weighted by molar-refractivity contribution is -0.156. The van der Waals surface area contributed by atoms with Gasteiger partial charge in [-0.15, -0.1) is 10.2 Å². The van der Waals surface area contributed by atoms with Crippen molar-refractivity contribution in [1.29, 1.82) is 0 Å². The molecule has 2 rings (SSSR count). The van der Waals surface area contributed by atoms with Crippen molar-refractivity contribution in [2.45, 2.75) is 20.0 Å². The molecule has 1 aromatic heterocycles. The van der Waals surface area contributed by atoms with Crippen LogP contribution in [0.25, 0.3) is 11.5 Å². The van der Waals surface area contributed by atoms with E-state index in [1.165, 1.54) is 6.92 Å². The molecule has 1 aromatic carbocycles. The van der Waals surface area contributed by atoms with Gasteiger partial charge in [0.25, 0.3) is 0 Å². The van der Waals surface area contributed by atoms with Crippen LogP contribution in [0.2, 0.25) is 0 Å². The van der Waals surface area contributed by atoms with Crippen LogP contribution >= 0.6 is 0 Å². The summed E-state index contributed by atoms with van der Waals surface area (Å²) in [5.41, 5.74) is 0.679. The summed E-state index contributed by atoms with van der Waals surface area (Å²) in [6.45, 7) is 3.09. The van der Waals surface area contributed by atoms with Gasteiger partial charge < -0.3 is 9.52 Å². The summed E-state index contributed by atoms with van der Waals surface area (Å²) in [6.07, 6.45) is -4.77. The average Bonchev–Trinajstić information content (AvgIpc) is 2.80. The van der Waals surface area contributed by atoms with E-state index in [-0.39, 0.29) is 11.1 Å². The number of carboxylic acids is 1. The molecule has 0 radical (unpaired) electrons. The standard InChI is InChI=1S/C12H9F3N2O3/c1-5-3-4-6(2)8(10(18)19)7(5)9-16-17-11(20-9)12(13,14)15/h3-4H,1-2H3,(H,18,19). The Morgan fingerprint density at radius 3 is 2.30 bits per heavy atom. The van der Waals surface area contributed by atoms with E-state index in [4.69, 9.17) is 0 Å². The maximum absolute atomic E-state index is 12.4. The van der Waals surface area contributed by atoms with Crippen LogP contribution in [-0.2, 0) is 6.18 Å². The van der Waals surface area contributed by atoms with E-state index in [1.54, 1.807) is 19.1 Å². The molecule has 0 aliphatic rings. The van der Waals surface area contributed by atoms with Crippen LogP contribution < -0.4 is 0 Å². The number of aromatic carboxylic acids is 1. The van der Waals surface area contributed by atoms with E-state index >= 15 is 0 Å². The number of nitrogens with zero attached hydrogens (tertiary/aromatic N) is 2. The highest BCUT2D eigenvalue weighted by Crippen LogP contribution is 2.33. The van der Waals surface area contributed by atoms with Crippen molar-refractivity contribution in [3.63, 3.8) is 0 Å². The zero-order valence-electron chi connectivity index (χ0n) is 10.4. The van der Waals surface area contributed by atoms with Gasteiger partial charge in [-0.1, -0.05) is 12.1 Å². The molecule has 0 unspecified atom stereocenters. The fraction of sp³-hybridized carbons (Fsp3) is 0.250. The first-order chi connectivity index (χ1) is 9.21. The van der Waals surface area contributed by atoms with Gasteiger partial charge >= 0.3 is 18.0 Å². The zero-order valence-corrected chi connectivity index (χ0v) is 10.4. The number of hydrogen-bond donors (Lipinski definition) is 1. The Morgan fingerprint density at radius 1 is 1.20 bits per heavy atom. The number of aryl methyl sites for hydroxylation is 2. The van der Waals surface area contributed by atoms with Gasteiger partial charge in [-0.25, -0.2) is 4.79 Å². The Balaban J connectivity index is 2.67. The quantitative estimate of drug-likeness (QED) is 0.918. The van der Waals surface area contributed by atoms with Crippen molar-refractivity contribution in [2.24, 2.45) is 0 Å². The summed E-state index contributed by atoms with van der Waals surface area (Å²) in [5, 5.41) is 15.4. The number of aromatic nitrogens is 2. The highest BCUT2D eigenvalue weighted by atomic mass is 19.4. The van der Waals surface area contributed by atoms with Crippen molar-refractivity contribution in [2.75, 3.05) is 0 Å². The molecule has 1 N–H and O–H groups in total. The Kier molecular flexibility index (Phi) is 3.24. The summed E-state index contributed by atoms with van der Waals surface area (Å²) < 4.78 is 41.9. The third-order valence-electron chi connectivity index (χ3n) is 2.72. The first kappa shape index (κ1) is 14.0. The van der Waals surface area contributed by atoms with Crippen molar-refractivity contribution in [3.05, 3.63) is 34.7 Å². The fourth-order valence-electron chi connectivity index (χ4n) is 1.80. The van der Waals surface area contributed by atoms with Gasteiger partial charge in [0.15, 0.2) is 0 Å². The van der Waals surface area contributed by atoms with Crippen molar-refractivity contribution in [3.8, 4) is 11.5 Å². The summed E-state index contributed by atoms with van der Waals surface area (Å²) in [5.74, 6) is -3.24. The second-order valence-corrected chi connectivity index (χ2v) is 4.16. The second kappa shape index (κ2) is 4.62. The summed E-state index contributed by atoms with van der Waals surface area (Å²) in [6, 6.07) is 3.14. The minimum Gasteiger partial charge on any atom is -0.478 e. The van der Waals surface area contributed by atoms with Gasteiger partial charge in [0.05, 0.1) is 11.1 Å². The number of halogens is 3. The maximum atomic E-state index is 12.4. The van der Waals surface area contributed by atoms with Crippen LogP contribution in [0.3, 0.4) is 0 Å². The summed E-state index contributed by atoms with van der Waals surface area (Å²) in [7, 11) is 0. The summed E-state index contributed by atoms with van der Waals surface area (Å²) >= 11 is 0. The molecule has 0 fully saturated rings. The van der Waals surface area contributed by atoms with Gasteiger partial charge in [0.1, 0.15) is 0 Å². The number of hydrogen-bond acceptors (Lipinski definition) is 4. The topological polar surface area (TPSA) is 76.2 Å². The molecule has 106 valence electrons. The van der Waals surface area contributed by atoms with E-state index < -0.39 is 23.9 Å². The van der Waals surface area contributed by atoms with Crippen molar-refractivity contribution >= 4 is 5.97 Å². The van der Waals surface area contributed by atoms with Crippen LogP contribution in [0.4, 0.5) is 13.2 Å². The fourth-order valence-corrected chi connectivity index (χ4v) is 1.80. The molecule has 0 bridgehead atoms. The maximum Gasteiger partial charge on any atom is 0.470 e. The molecule has 0 saturated carbocycles. The highest BCUT2D eigenvalue weighted by molar-refractivity contribution is 5.97. The number of alkyl halides is 3. The van der Waals surface area contributed by atoms with Gasteiger partial charge in [-0.3, -0.25) is 0 Å². The molecule has 5 nitrogen and oxygen atoms in total. The smallest absolute Gasteiger partial charge is 0.470 e. The lowest BCUT2D eigenvalue weighted by Gasteiger charge is -2.08. The van der Waals surface area contributed by atoms with Crippen LogP contribution in [-0.4, -0.2) is 21.3 Å². The van der Waals surface area contributed by atoms with Crippen LogP contribution in [0.15, 0.2) is 16.5 Å². The number of benzene rings is 1. The Bertz CT molecular complexity index is 677. The molecule has 0 atom stereocenters.